The SMILES string of the molecule is CC[C@@](C)(O)CNc1ccc([N+](=O)[O-])cn1. The second-order valence-electron chi connectivity index (χ2n) is 3.86. The number of nitrogens with one attached hydrogen (secondary N) is 1. The van der Waals surface area contributed by atoms with E-state index < -0.39 is 10.5 Å². The van der Waals surface area contributed by atoms with Gasteiger partial charge in [0.15, 0.2) is 0 Å². The highest BCUT2D eigenvalue weighted by atomic mass is 16.6. The molecule has 1 heterocycles. The fraction of sp³-hybridized carbons (Fsp3) is 0.500. The Bertz CT molecular complexity index is 362. The number of hydrogen-bond donors (Lipinski definition) is 2. The van der Waals surface area contributed by atoms with Crippen LogP contribution in [-0.2, 0) is 0 Å². The van der Waals surface area contributed by atoms with Gasteiger partial charge >= 0.3 is 0 Å². The Hall–Kier alpha value is -1.69. The van der Waals surface area contributed by atoms with Crippen molar-refractivity contribution in [3.8, 4) is 0 Å². The molecule has 6 heteroatoms. The first-order valence-electron chi connectivity index (χ1n) is 5.01. The lowest BCUT2D eigenvalue weighted by Crippen LogP contribution is -2.32. The van der Waals surface area contributed by atoms with Crippen molar-refractivity contribution in [2.75, 3.05) is 11.9 Å². The van der Waals surface area contributed by atoms with E-state index >= 15 is 0 Å². The average molecular weight is 225 g/mol. The summed E-state index contributed by atoms with van der Waals surface area (Å²) in [6, 6.07) is 2.89. The Balaban J connectivity index is 2.59. The molecule has 0 saturated carbocycles. The summed E-state index contributed by atoms with van der Waals surface area (Å²) in [5.41, 5.74) is -0.850. The normalized spacial score (nSPS) is 14.2. The van der Waals surface area contributed by atoms with Crippen LogP contribution in [-0.4, -0.2) is 27.2 Å². The van der Waals surface area contributed by atoms with Gasteiger partial charge in [0.25, 0.3) is 5.69 Å². The molecule has 0 spiro atoms. The topological polar surface area (TPSA) is 88.3 Å². The number of hydrogen-bond acceptors (Lipinski definition) is 5. The van der Waals surface area contributed by atoms with Gasteiger partial charge in [-0.25, -0.2) is 4.98 Å². The second kappa shape index (κ2) is 4.89. The minimum atomic E-state index is -0.802. The van der Waals surface area contributed by atoms with Crippen LogP contribution >= 0.6 is 0 Å². The summed E-state index contributed by atoms with van der Waals surface area (Å²) in [6.07, 6.45) is 1.80. The molecule has 0 amide bonds. The van der Waals surface area contributed by atoms with E-state index in [2.05, 4.69) is 10.3 Å². The predicted molar refractivity (Wildman–Crippen MR) is 60.3 cm³/mol. The third-order valence-electron chi connectivity index (χ3n) is 2.37. The van der Waals surface area contributed by atoms with Gasteiger partial charge in [0.05, 0.1) is 10.5 Å². The van der Waals surface area contributed by atoms with E-state index in [1.54, 1.807) is 6.92 Å². The molecule has 0 aromatic carbocycles. The van der Waals surface area contributed by atoms with E-state index in [-0.39, 0.29) is 5.69 Å². The molecule has 1 aromatic rings. The molecule has 2 N–H and O–H groups in total. The highest BCUT2D eigenvalue weighted by Crippen LogP contribution is 2.14. The zero-order valence-corrected chi connectivity index (χ0v) is 9.30. The molecule has 0 saturated heterocycles. The first-order chi connectivity index (χ1) is 7.44. The van der Waals surface area contributed by atoms with Crippen LogP contribution in [0.5, 0.6) is 0 Å². The van der Waals surface area contributed by atoms with Crippen molar-refractivity contribution in [1.29, 1.82) is 0 Å². The summed E-state index contributed by atoms with van der Waals surface area (Å²) in [5.74, 6) is 0.513. The van der Waals surface area contributed by atoms with Gasteiger partial charge in [-0.15, -0.1) is 0 Å². The van der Waals surface area contributed by atoms with E-state index in [1.807, 2.05) is 6.92 Å². The maximum absolute atomic E-state index is 10.4. The summed E-state index contributed by atoms with van der Waals surface area (Å²) in [6.45, 7) is 3.95. The van der Waals surface area contributed by atoms with Crippen molar-refractivity contribution >= 4 is 11.5 Å². The summed E-state index contributed by atoms with van der Waals surface area (Å²) in [4.78, 5) is 13.8. The lowest BCUT2D eigenvalue weighted by molar-refractivity contribution is -0.385. The van der Waals surface area contributed by atoms with Gasteiger partial charge in [0.1, 0.15) is 12.0 Å². The van der Waals surface area contributed by atoms with Crippen molar-refractivity contribution in [3.63, 3.8) is 0 Å². The Kier molecular flexibility index (Phi) is 3.78. The summed E-state index contributed by atoms with van der Waals surface area (Å²) in [7, 11) is 0. The van der Waals surface area contributed by atoms with Crippen LogP contribution in [0.4, 0.5) is 11.5 Å². The van der Waals surface area contributed by atoms with Gasteiger partial charge in [0, 0.05) is 12.6 Å². The predicted octanol–water partition coefficient (Wildman–Crippen LogP) is 1.56. The van der Waals surface area contributed by atoms with Crippen LogP contribution in [0.25, 0.3) is 0 Å². The van der Waals surface area contributed by atoms with E-state index in [1.165, 1.54) is 18.3 Å². The molecule has 0 bridgehead atoms. The minimum Gasteiger partial charge on any atom is -0.388 e. The van der Waals surface area contributed by atoms with E-state index in [9.17, 15) is 15.2 Å². The highest BCUT2D eigenvalue weighted by molar-refractivity contribution is 5.40. The summed E-state index contributed by atoms with van der Waals surface area (Å²) in [5, 5.41) is 23.0. The monoisotopic (exact) mass is 225 g/mol. The fourth-order valence-electron chi connectivity index (χ4n) is 1.00. The third kappa shape index (κ3) is 3.47. The maximum Gasteiger partial charge on any atom is 0.287 e. The Morgan fingerprint density at radius 1 is 1.62 bits per heavy atom. The highest BCUT2D eigenvalue weighted by Gasteiger charge is 2.17. The molecular weight excluding hydrogens is 210 g/mol. The summed E-state index contributed by atoms with van der Waals surface area (Å²) >= 11 is 0. The molecule has 0 radical (unpaired) electrons. The zero-order chi connectivity index (χ0) is 12.2. The Morgan fingerprint density at radius 3 is 2.75 bits per heavy atom. The van der Waals surface area contributed by atoms with Crippen molar-refractivity contribution < 1.29 is 10.0 Å². The van der Waals surface area contributed by atoms with Gasteiger partial charge in [0.2, 0.25) is 0 Å². The largest absolute Gasteiger partial charge is 0.388 e. The molecule has 1 aromatic heterocycles. The molecule has 1 rings (SSSR count). The van der Waals surface area contributed by atoms with Crippen LogP contribution in [0.1, 0.15) is 20.3 Å². The Morgan fingerprint density at radius 2 is 2.31 bits per heavy atom. The van der Waals surface area contributed by atoms with Gasteiger partial charge in [-0.2, -0.15) is 0 Å². The molecule has 0 aliphatic carbocycles. The number of aromatic nitrogens is 1. The van der Waals surface area contributed by atoms with Crippen molar-refractivity contribution in [3.05, 3.63) is 28.4 Å². The quantitative estimate of drug-likeness (QED) is 0.586. The van der Waals surface area contributed by atoms with Crippen LogP contribution in [0.15, 0.2) is 18.3 Å². The van der Waals surface area contributed by atoms with Crippen molar-refractivity contribution in [2.24, 2.45) is 0 Å². The van der Waals surface area contributed by atoms with Crippen LogP contribution < -0.4 is 5.32 Å². The van der Waals surface area contributed by atoms with Crippen LogP contribution in [0.2, 0.25) is 0 Å². The second-order valence-corrected chi connectivity index (χ2v) is 3.86. The molecule has 0 fully saturated rings. The van der Waals surface area contributed by atoms with Crippen LogP contribution in [0, 0.1) is 10.1 Å². The number of pyridine rings is 1. The minimum absolute atomic E-state index is 0.0483. The van der Waals surface area contributed by atoms with Gasteiger partial charge in [-0.3, -0.25) is 10.1 Å². The standard InChI is InChI=1S/C10H15N3O3/c1-3-10(2,14)7-12-9-5-4-8(6-11-9)13(15)16/h4-6,14H,3,7H2,1-2H3,(H,11,12)/t10-/m1/s1. The van der Waals surface area contributed by atoms with Gasteiger partial charge in [-0.1, -0.05) is 6.92 Å². The van der Waals surface area contributed by atoms with E-state index in [0.717, 1.165) is 0 Å². The summed E-state index contributed by atoms with van der Waals surface area (Å²) < 4.78 is 0. The lowest BCUT2D eigenvalue weighted by atomic mass is 10.0. The molecule has 0 aliphatic rings. The first kappa shape index (κ1) is 12.4. The van der Waals surface area contributed by atoms with Gasteiger partial charge in [-0.05, 0) is 19.4 Å². The number of nitro groups is 1. The number of nitrogens with zero attached hydrogens (tertiary/aromatic N) is 2. The lowest BCUT2D eigenvalue weighted by Gasteiger charge is -2.21. The van der Waals surface area contributed by atoms with Gasteiger partial charge < -0.3 is 10.4 Å². The molecule has 0 unspecified atom stereocenters. The number of rotatable bonds is 5. The average Bonchev–Trinajstić information content (AvgIpc) is 2.27. The van der Waals surface area contributed by atoms with Crippen molar-refractivity contribution in [1.82, 2.24) is 4.98 Å². The molecule has 1 atom stereocenters. The zero-order valence-electron chi connectivity index (χ0n) is 9.30. The number of aliphatic hydroxyl groups is 1. The smallest absolute Gasteiger partial charge is 0.287 e. The molecule has 6 nitrogen and oxygen atoms in total. The molecule has 88 valence electrons. The first-order valence-corrected chi connectivity index (χ1v) is 5.01. The fourth-order valence-corrected chi connectivity index (χ4v) is 1.00. The molecule has 16 heavy (non-hydrogen) atoms. The third-order valence-corrected chi connectivity index (χ3v) is 2.37. The number of anilines is 1. The Labute approximate surface area is 93.5 Å². The molecular formula is C10H15N3O3. The molecule has 0 aliphatic heterocycles. The van der Waals surface area contributed by atoms with E-state index in [4.69, 9.17) is 0 Å². The van der Waals surface area contributed by atoms with Crippen molar-refractivity contribution in [2.45, 2.75) is 25.9 Å². The van der Waals surface area contributed by atoms with Crippen LogP contribution in [0.3, 0.4) is 0 Å². The maximum atomic E-state index is 10.4. The van der Waals surface area contributed by atoms with E-state index in [0.29, 0.717) is 18.8 Å².